The molecule has 3 aromatic rings. The van der Waals surface area contributed by atoms with E-state index >= 15 is 0 Å². The van der Waals surface area contributed by atoms with Crippen LogP contribution in [0.4, 0.5) is 0 Å². The van der Waals surface area contributed by atoms with Gasteiger partial charge in [-0.15, -0.1) is 24.0 Å². The van der Waals surface area contributed by atoms with Crippen LogP contribution in [0.1, 0.15) is 30.3 Å². The van der Waals surface area contributed by atoms with Gasteiger partial charge in [-0.1, -0.05) is 42.5 Å². The number of nitrogens with zero attached hydrogens (tertiary/aromatic N) is 5. The van der Waals surface area contributed by atoms with Crippen LogP contribution in [0.2, 0.25) is 0 Å². The van der Waals surface area contributed by atoms with E-state index in [4.69, 9.17) is 9.73 Å². The second-order valence-corrected chi connectivity index (χ2v) is 7.73. The predicted molar refractivity (Wildman–Crippen MR) is 144 cm³/mol. The first-order valence-corrected chi connectivity index (χ1v) is 11.2. The number of hydrogen-bond donors (Lipinski definition) is 1. The van der Waals surface area contributed by atoms with Gasteiger partial charge in [0.25, 0.3) is 0 Å². The summed E-state index contributed by atoms with van der Waals surface area (Å²) in [5.41, 5.74) is 2.57. The summed E-state index contributed by atoms with van der Waals surface area (Å²) in [6.45, 7) is 4.95. The highest BCUT2D eigenvalue weighted by Crippen LogP contribution is 2.15. The van der Waals surface area contributed by atoms with Crippen molar-refractivity contribution in [3.8, 4) is 5.75 Å². The van der Waals surface area contributed by atoms with Gasteiger partial charge in [-0.3, -0.25) is 9.67 Å². The molecule has 0 saturated heterocycles. The van der Waals surface area contributed by atoms with Gasteiger partial charge >= 0.3 is 0 Å². The molecular weight excluding hydrogens is 527 g/mol. The summed E-state index contributed by atoms with van der Waals surface area (Å²) in [6, 6.07) is 18.9. The molecule has 0 amide bonds. The van der Waals surface area contributed by atoms with Crippen molar-refractivity contribution in [2.24, 2.45) is 12.0 Å². The molecule has 0 bridgehead atoms. The van der Waals surface area contributed by atoms with Crippen LogP contribution in [0.3, 0.4) is 0 Å². The lowest BCUT2D eigenvalue weighted by Gasteiger charge is -2.21. The highest BCUT2D eigenvalue weighted by Gasteiger charge is 2.09. The molecule has 7 nitrogen and oxygen atoms in total. The molecule has 0 saturated carbocycles. The first kappa shape index (κ1) is 26.6. The Morgan fingerprint density at radius 3 is 2.61 bits per heavy atom. The van der Waals surface area contributed by atoms with Crippen molar-refractivity contribution in [3.63, 3.8) is 0 Å². The minimum atomic E-state index is 0. The summed E-state index contributed by atoms with van der Waals surface area (Å²) in [6.07, 6.45) is 4.46. The maximum absolute atomic E-state index is 5.97. The molecule has 0 spiro atoms. The third-order valence-corrected chi connectivity index (χ3v) is 5.16. The molecule has 3 rings (SSSR count). The van der Waals surface area contributed by atoms with Crippen LogP contribution in [0, 0.1) is 0 Å². The molecule has 8 heteroatoms. The lowest BCUT2D eigenvalue weighted by molar-refractivity contribution is 0.310. The molecule has 2 aromatic carbocycles. The Labute approximate surface area is 214 Å². The van der Waals surface area contributed by atoms with Gasteiger partial charge in [0, 0.05) is 27.2 Å². The summed E-state index contributed by atoms with van der Waals surface area (Å²) in [7, 11) is 3.91. The van der Waals surface area contributed by atoms with Crippen LogP contribution >= 0.6 is 24.0 Å². The number of aryl methyl sites for hydroxylation is 2. The van der Waals surface area contributed by atoms with E-state index in [2.05, 4.69) is 69.7 Å². The lowest BCUT2D eigenvalue weighted by atomic mass is 10.1. The molecule has 0 aliphatic rings. The molecule has 0 atom stereocenters. The fourth-order valence-corrected chi connectivity index (χ4v) is 3.41. The minimum absolute atomic E-state index is 0. The Hall–Kier alpha value is -2.62. The fraction of sp³-hybridized carbons (Fsp3) is 0.400. The second kappa shape index (κ2) is 14.5. The first-order valence-electron chi connectivity index (χ1n) is 11.2. The second-order valence-electron chi connectivity index (χ2n) is 7.73. The Bertz CT molecular complexity index is 976. The monoisotopic (exact) mass is 562 g/mol. The molecule has 33 heavy (non-hydrogen) atoms. The summed E-state index contributed by atoms with van der Waals surface area (Å²) in [5, 5.41) is 7.49. The average molecular weight is 563 g/mol. The number of aliphatic imine (C=N–C) groups is 1. The fourth-order valence-electron chi connectivity index (χ4n) is 3.41. The quantitative estimate of drug-likeness (QED) is 0.165. The topological polar surface area (TPSA) is 67.6 Å². The van der Waals surface area contributed by atoms with Crippen LogP contribution < -0.4 is 10.1 Å². The number of halogens is 1. The molecule has 0 radical (unpaired) electrons. The largest absolute Gasteiger partial charge is 0.494 e. The van der Waals surface area contributed by atoms with Gasteiger partial charge in [0.15, 0.2) is 5.96 Å². The van der Waals surface area contributed by atoms with Crippen LogP contribution in [-0.2, 0) is 26.4 Å². The van der Waals surface area contributed by atoms with E-state index in [-0.39, 0.29) is 24.0 Å². The van der Waals surface area contributed by atoms with Crippen LogP contribution in [0.15, 0.2) is 65.9 Å². The number of nitrogens with one attached hydrogen (secondary N) is 1. The molecule has 178 valence electrons. The smallest absolute Gasteiger partial charge is 0.194 e. The van der Waals surface area contributed by atoms with E-state index in [0.717, 1.165) is 43.3 Å². The van der Waals surface area contributed by atoms with Gasteiger partial charge in [0.05, 0.1) is 13.2 Å². The number of hydrogen-bond acceptors (Lipinski definition) is 4. The van der Waals surface area contributed by atoms with Crippen molar-refractivity contribution >= 4 is 29.9 Å². The zero-order valence-electron chi connectivity index (χ0n) is 19.8. The summed E-state index contributed by atoms with van der Waals surface area (Å²) >= 11 is 0. The third kappa shape index (κ3) is 9.03. The SMILES string of the molecule is CCNC(=NCCc1cccc(OCCCc2ccccc2)c1)N(C)Cc1ncnn1C.I. The normalized spacial score (nSPS) is 11.1. The van der Waals surface area contributed by atoms with Crippen molar-refractivity contribution < 1.29 is 4.74 Å². The van der Waals surface area contributed by atoms with E-state index in [9.17, 15) is 0 Å². The van der Waals surface area contributed by atoms with Gasteiger partial charge in [-0.25, -0.2) is 4.98 Å². The Morgan fingerprint density at radius 1 is 1.09 bits per heavy atom. The van der Waals surface area contributed by atoms with Gasteiger partial charge in [-0.05, 0) is 49.4 Å². The maximum atomic E-state index is 5.97. The molecule has 0 aliphatic heterocycles. The van der Waals surface area contributed by atoms with E-state index in [0.29, 0.717) is 19.7 Å². The minimum Gasteiger partial charge on any atom is -0.494 e. The van der Waals surface area contributed by atoms with Crippen molar-refractivity contribution in [1.29, 1.82) is 0 Å². The highest BCUT2D eigenvalue weighted by molar-refractivity contribution is 14.0. The Balaban J connectivity index is 0.00000385. The number of aromatic nitrogens is 3. The van der Waals surface area contributed by atoms with E-state index in [1.165, 1.54) is 11.1 Å². The predicted octanol–water partition coefficient (Wildman–Crippen LogP) is 4.08. The lowest BCUT2D eigenvalue weighted by Crippen LogP contribution is -2.39. The van der Waals surface area contributed by atoms with Gasteiger partial charge in [0.1, 0.15) is 17.9 Å². The highest BCUT2D eigenvalue weighted by atomic mass is 127. The average Bonchev–Trinajstić information content (AvgIpc) is 3.21. The summed E-state index contributed by atoms with van der Waals surface area (Å²) < 4.78 is 7.75. The van der Waals surface area contributed by atoms with Crippen molar-refractivity contribution in [2.45, 2.75) is 32.7 Å². The standard InChI is InChI=1S/C25H34N6O.HI/c1-4-26-25(30(2)19-24-28-20-29-31(24)3)27-16-15-22-12-8-14-23(18-22)32-17-9-13-21-10-6-5-7-11-21;/h5-8,10-12,14,18,20H,4,9,13,15-17,19H2,1-3H3,(H,26,27);1H. The number of ether oxygens (including phenoxy) is 1. The molecule has 0 fully saturated rings. The van der Waals surface area contributed by atoms with Crippen molar-refractivity contribution in [1.82, 2.24) is 25.0 Å². The molecule has 1 aromatic heterocycles. The van der Waals surface area contributed by atoms with E-state index in [1.807, 2.05) is 26.2 Å². The zero-order valence-corrected chi connectivity index (χ0v) is 22.1. The summed E-state index contributed by atoms with van der Waals surface area (Å²) in [5.74, 6) is 2.69. The van der Waals surface area contributed by atoms with Crippen molar-refractivity contribution in [2.75, 3.05) is 26.7 Å². The molecule has 0 unspecified atom stereocenters. The molecule has 1 heterocycles. The maximum Gasteiger partial charge on any atom is 0.194 e. The summed E-state index contributed by atoms with van der Waals surface area (Å²) in [4.78, 5) is 11.2. The van der Waals surface area contributed by atoms with E-state index < -0.39 is 0 Å². The Morgan fingerprint density at radius 2 is 1.88 bits per heavy atom. The first-order chi connectivity index (χ1) is 15.7. The van der Waals surface area contributed by atoms with Gasteiger partial charge < -0.3 is 15.0 Å². The molecule has 0 aliphatic carbocycles. The van der Waals surface area contributed by atoms with Crippen LogP contribution in [-0.4, -0.2) is 52.4 Å². The number of rotatable bonds is 11. The third-order valence-electron chi connectivity index (χ3n) is 5.16. The Kier molecular flexibility index (Phi) is 11.7. The molecular formula is C25H35IN6O. The number of guanidine groups is 1. The van der Waals surface area contributed by atoms with Crippen LogP contribution in [0.25, 0.3) is 0 Å². The molecule has 1 N–H and O–H groups in total. The zero-order chi connectivity index (χ0) is 22.6. The van der Waals surface area contributed by atoms with Crippen molar-refractivity contribution in [3.05, 3.63) is 77.9 Å². The van der Waals surface area contributed by atoms with Gasteiger partial charge in [-0.2, -0.15) is 5.10 Å². The number of benzene rings is 2. The van der Waals surface area contributed by atoms with E-state index in [1.54, 1.807) is 11.0 Å². The van der Waals surface area contributed by atoms with Crippen LogP contribution in [0.5, 0.6) is 5.75 Å². The van der Waals surface area contributed by atoms with Gasteiger partial charge in [0.2, 0.25) is 0 Å².